The number of amides is 3. The molecular weight excluding hydrogens is 1200 g/mol. The van der Waals surface area contributed by atoms with E-state index in [9.17, 15) is 56.3 Å². The molecule has 0 unspecified atom stereocenters. The molecular formula is C70H66F3N9O11. The predicted molar refractivity (Wildman–Crippen MR) is 345 cm³/mol. The number of imide groups is 1. The van der Waals surface area contributed by atoms with Gasteiger partial charge in [-0.2, -0.15) is 15.3 Å². The topological polar surface area (TPSA) is 310 Å². The molecule has 0 saturated carbocycles. The van der Waals surface area contributed by atoms with Crippen LogP contribution in [-0.2, 0) is 52.8 Å². The largest absolute Gasteiger partial charge is 0.481 e. The molecule has 10 aromatic rings. The summed E-state index contributed by atoms with van der Waals surface area (Å²) in [7, 11) is 0. The van der Waals surface area contributed by atoms with Gasteiger partial charge in [-0.15, -0.1) is 0 Å². The third-order valence-electron chi connectivity index (χ3n) is 15.1. The van der Waals surface area contributed by atoms with E-state index in [0.29, 0.717) is 68.7 Å². The van der Waals surface area contributed by atoms with Crippen molar-refractivity contribution >= 4 is 85.0 Å². The Bertz CT molecular complexity index is 4700. The molecule has 2 aliphatic heterocycles. The molecule has 12 rings (SSSR count). The number of rotatable bonds is 11. The highest BCUT2D eigenvalue weighted by atomic mass is 19.1. The van der Waals surface area contributed by atoms with Crippen LogP contribution in [0.15, 0.2) is 172 Å². The second-order valence-electron chi connectivity index (χ2n) is 24.1. The van der Waals surface area contributed by atoms with E-state index < -0.39 is 69.3 Å². The highest BCUT2D eigenvalue weighted by Crippen LogP contribution is 2.37. The zero-order chi connectivity index (χ0) is 67.5. The second kappa shape index (κ2) is 28.7. The number of fused-ring (bicyclic) bond motifs is 3. The van der Waals surface area contributed by atoms with Gasteiger partial charge in [0.05, 0.1) is 73.0 Å². The molecule has 0 aliphatic carbocycles. The highest BCUT2D eigenvalue weighted by molar-refractivity contribution is 6.22. The Kier molecular flexibility index (Phi) is 20.9. The molecule has 3 aromatic heterocycles. The number of nitrogens with one attached hydrogen (secondary N) is 4. The summed E-state index contributed by atoms with van der Waals surface area (Å²) < 4.78 is 46.1. The zero-order valence-electron chi connectivity index (χ0n) is 51.8. The first-order valence-corrected chi connectivity index (χ1v) is 29.2. The van der Waals surface area contributed by atoms with Crippen molar-refractivity contribution in [2.45, 2.75) is 87.0 Å². The molecule has 2 fully saturated rings. The first-order valence-electron chi connectivity index (χ1n) is 29.2. The Hall–Kier alpha value is -11.2. The molecule has 7 aromatic carbocycles. The number of aryl methyl sites for hydroxylation is 1. The number of ether oxygens (including phenoxy) is 1. The van der Waals surface area contributed by atoms with Gasteiger partial charge in [0.15, 0.2) is 0 Å². The fraction of sp³-hybridized carbons (Fsp3) is 0.229. The molecule has 20 nitrogen and oxygen atoms in total. The number of aromatic nitrogens is 6. The maximum atomic E-state index is 14.5. The van der Waals surface area contributed by atoms with Crippen molar-refractivity contribution < 1.29 is 51.8 Å². The van der Waals surface area contributed by atoms with Gasteiger partial charge in [0.1, 0.15) is 17.5 Å². The van der Waals surface area contributed by atoms with Crippen molar-refractivity contribution in [1.29, 1.82) is 0 Å². The molecule has 5 heterocycles. The Morgan fingerprint density at radius 2 is 0.989 bits per heavy atom. The molecule has 93 heavy (non-hydrogen) atoms. The lowest BCUT2D eigenvalue weighted by molar-refractivity contribution is -0.154. The number of carboxylic acids is 1. The fourth-order valence-electron chi connectivity index (χ4n) is 9.93. The van der Waals surface area contributed by atoms with Crippen LogP contribution in [0.1, 0.15) is 100 Å². The van der Waals surface area contributed by atoms with Crippen molar-refractivity contribution in [2.24, 2.45) is 16.2 Å². The van der Waals surface area contributed by atoms with E-state index in [0.717, 1.165) is 21.5 Å². The summed E-state index contributed by atoms with van der Waals surface area (Å²) in [6.07, 6.45) is 1.05. The van der Waals surface area contributed by atoms with Crippen LogP contribution in [0, 0.1) is 40.6 Å². The molecule has 0 radical (unpaired) electrons. The number of carbonyl (C=O) groups excluding carboxylic acids is 5. The van der Waals surface area contributed by atoms with E-state index in [1.807, 2.05) is 36.4 Å². The minimum atomic E-state index is -1.27. The van der Waals surface area contributed by atoms with Crippen LogP contribution in [0.5, 0.6) is 0 Å². The van der Waals surface area contributed by atoms with Gasteiger partial charge in [-0.05, 0) is 106 Å². The van der Waals surface area contributed by atoms with Crippen LogP contribution < -0.4 is 32.6 Å². The van der Waals surface area contributed by atoms with E-state index in [-0.39, 0.29) is 53.0 Å². The molecule has 7 N–H and O–H groups in total. The third-order valence-corrected chi connectivity index (χ3v) is 15.1. The van der Waals surface area contributed by atoms with Crippen molar-refractivity contribution in [1.82, 2.24) is 30.6 Å². The Morgan fingerprint density at radius 1 is 0.570 bits per heavy atom. The lowest BCUT2D eigenvalue weighted by Crippen LogP contribution is -2.33. The number of benzene rings is 7. The van der Waals surface area contributed by atoms with Gasteiger partial charge >= 0.3 is 17.9 Å². The third kappa shape index (κ3) is 16.8. The van der Waals surface area contributed by atoms with Crippen LogP contribution >= 0.6 is 0 Å². The molecule has 2 saturated heterocycles. The van der Waals surface area contributed by atoms with Crippen LogP contribution in [0.2, 0.25) is 0 Å². The van der Waals surface area contributed by atoms with E-state index in [2.05, 4.69) is 59.7 Å². The molecule has 23 heteroatoms. The van der Waals surface area contributed by atoms with Gasteiger partial charge < -0.3 is 20.9 Å². The summed E-state index contributed by atoms with van der Waals surface area (Å²) in [4.78, 5) is 106. The number of halogens is 3. The fourth-order valence-corrected chi connectivity index (χ4v) is 9.93. The quantitative estimate of drug-likeness (QED) is 0.0303. The van der Waals surface area contributed by atoms with Crippen LogP contribution in [0.4, 0.5) is 30.2 Å². The number of esters is 2. The molecule has 0 spiro atoms. The molecule has 2 aliphatic rings. The SMILES string of the molecule is CC(C)(CC(=O)Nc1cc(Cc2n[nH]c(=O)c3ccccc23)ccc1F)C(=O)O.CC1(C)CC(=O)N(c2cc(Cc3n[nH]c(=O)c4ccccc34)ccc2F)C1=O.CC1(C)CC(=O)OC1=O.Cc1ccccc1.Nc1cc(Cc2n[nH]c(=O)c3ccccc23)ccc1F. The molecule has 0 bridgehead atoms. The maximum absolute atomic E-state index is 14.5. The average molecular weight is 1270 g/mol. The second-order valence-corrected chi connectivity index (χ2v) is 24.1. The van der Waals surface area contributed by atoms with Crippen LogP contribution in [0.3, 0.4) is 0 Å². The summed E-state index contributed by atoms with van der Waals surface area (Å²) in [6, 6.07) is 44.8. The summed E-state index contributed by atoms with van der Waals surface area (Å²) in [5.74, 6) is -5.07. The van der Waals surface area contributed by atoms with Crippen molar-refractivity contribution in [3.63, 3.8) is 0 Å². The number of aromatic amines is 3. The Balaban J connectivity index is 0.000000161. The highest BCUT2D eigenvalue weighted by Gasteiger charge is 2.46. The minimum absolute atomic E-state index is 0.0394. The number of nitrogen functional groups attached to an aromatic ring is 1. The number of hydrogen-bond donors (Lipinski definition) is 6. The standard InChI is InChI=1S/C21H20FN3O4.C21H18FN3O3.C15H12FN3O.C7H8.C6H8O3/c1-21(2,20(28)29)11-18(26)23-17-10-12(7-8-15(17)22)9-16-13-5-3-4-6-14(13)19(27)25-24-16;1-21(2)11-18(26)25(20(21)28)17-10-12(7-8-15(17)22)9-16-13-5-3-4-6-14(13)19(27)24-23-16;16-12-6-5-9(7-13(12)17)8-14-10-3-1-2-4-11(10)15(20)19-18-14;1-7-5-3-2-4-6-7;1-6(2)3-4(7)9-5(6)8/h3-8,10H,9,11H2,1-2H3,(H,23,26)(H,25,27)(H,28,29);3-8,10H,9,11H2,1-2H3,(H,24,27);1-7H,8,17H2,(H,19,20);2-6H,1H3;3H2,1-2H3. The van der Waals surface area contributed by atoms with Crippen molar-refractivity contribution in [3.8, 4) is 0 Å². The summed E-state index contributed by atoms with van der Waals surface area (Å²) >= 11 is 0. The van der Waals surface area contributed by atoms with E-state index in [4.69, 9.17) is 10.8 Å². The number of H-pyrrole nitrogens is 3. The zero-order valence-corrected chi connectivity index (χ0v) is 51.8. The molecule has 3 amide bonds. The van der Waals surface area contributed by atoms with Crippen LogP contribution in [0.25, 0.3) is 32.3 Å². The lowest BCUT2D eigenvalue weighted by Gasteiger charge is -2.19. The Labute approximate surface area is 530 Å². The normalized spacial score (nSPS) is 13.8. The van der Waals surface area contributed by atoms with Crippen LogP contribution in [-0.4, -0.2) is 71.3 Å². The monoisotopic (exact) mass is 1270 g/mol. The number of nitrogens with two attached hydrogens (primary N) is 1. The smallest absolute Gasteiger partial charge is 0.319 e. The lowest BCUT2D eigenvalue weighted by atomic mass is 9.89. The van der Waals surface area contributed by atoms with Crippen molar-refractivity contribution in [3.05, 3.63) is 246 Å². The summed E-state index contributed by atoms with van der Waals surface area (Å²) in [5, 5.41) is 35.1. The Morgan fingerprint density at radius 3 is 1.37 bits per heavy atom. The number of hydrogen-bond acceptors (Lipinski definition) is 14. The number of aliphatic carboxylic acids is 1. The van der Waals surface area contributed by atoms with Gasteiger partial charge in [0.2, 0.25) is 17.7 Å². The number of carboxylic acid groups (broad SMARTS) is 1. The van der Waals surface area contributed by atoms with E-state index in [1.165, 1.54) is 49.7 Å². The average Bonchev–Trinajstić information content (AvgIpc) is 1.72. The number of nitrogens with zero attached hydrogens (tertiary/aromatic N) is 4. The van der Waals surface area contributed by atoms with Gasteiger partial charge in [0, 0.05) is 48.3 Å². The van der Waals surface area contributed by atoms with Gasteiger partial charge in [-0.25, -0.2) is 33.4 Å². The number of anilines is 3. The maximum Gasteiger partial charge on any atom is 0.319 e. The van der Waals surface area contributed by atoms with E-state index in [1.54, 1.807) is 107 Å². The minimum Gasteiger partial charge on any atom is -0.481 e. The first kappa shape index (κ1) is 67.7. The van der Waals surface area contributed by atoms with Gasteiger partial charge in [-0.1, -0.05) is 123 Å². The predicted octanol–water partition coefficient (Wildman–Crippen LogP) is 10.8. The first-order chi connectivity index (χ1) is 44.0. The number of cyclic esters (lactones) is 2. The van der Waals surface area contributed by atoms with Gasteiger partial charge in [0.25, 0.3) is 16.7 Å². The van der Waals surface area contributed by atoms with E-state index >= 15 is 0 Å². The molecule has 478 valence electrons. The van der Waals surface area contributed by atoms with Gasteiger partial charge in [-0.3, -0.25) is 43.2 Å². The summed E-state index contributed by atoms with van der Waals surface area (Å²) in [6.45, 7) is 11.7. The van der Waals surface area contributed by atoms with Crippen molar-refractivity contribution in [2.75, 3.05) is 16.0 Å². The molecule has 0 atom stereocenters. The number of carbonyl (C=O) groups is 6. The summed E-state index contributed by atoms with van der Waals surface area (Å²) in [5.41, 5.74) is 7.54.